The second kappa shape index (κ2) is 4.95. The Hall–Kier alpha value is -0.610. The number of rotatable bonds is 2. The van der Waals surface area contributed by atoms with E-state index in [1.165, 1.54) is 19.3 Å². The summed E-state index contributed by atoms with van der Waals surface area (Å²) in [4.78, 5) is 15.4. The van der Waals surface area contributed by atoms with E-state index in [9.17, 15) is 4.79 Å². The first-order valence-corrected chi connectivity index (χ1v) is 8.73. The maximum atomic E-state index is 13.3. The van der Waals surface area contributed by atoms with Crippen LogP contribution in [-0.2, 0) is 9.53 Å². The van der Waals surface area contributed by atoms with Crippen LogP contribution in [0.25, 0.3) is 0 Å². The van der Waals surface area contributed by atoms with Gasteiger partial charge in [-0.25, -0.2) is 0 Å². The smallest absolute Gasteiger partial charge is 0.228 e. The first-order valence-electron chi connectivity index (χ1n) is 8.73. The molecule has 4 heteroatoms. The predicted molar refractivity (Wildman–Crippen MR) is 80.6 cm³/mol. The largest absolute Gasteiger partial charge is 0.370 e. The van der Waals surface area contributed by atoms with Gasteiger partial charge >= 0.3 is 0 Å². The molecule has 5 aliphatic rings. The number of ether oxygens (including phenoxy) is 1. The van der Waals surface area contributed by atoms with Gasteiger partial charge in [0.25, 0.3) is 0 Å². The Bertz CT molecular complexity index is 401. The minimum absolute atomic E-state index is 0.0200. The molecule has 4 saturated carbocycles. The van der Waals surface area contributed by atoms with Crippen molar-refractivity contribution in [3.05, 3.63) is 0 Å². The third-order valence-electron chi connectivity index (χ3n) is 6.37. The van der Waals surface area contributed by atoms with Crippen LogP contribution in [0.5, 0.6) is 0 Å². The number of hydrogen-bond acceptors (Lipinski definition) is 3. The van der Waals surface area contributed by atoms with Crippen LogP contribution < -0.4 is 5.73 Å². The summed E-state index contributed by atoms with van der Waals surface area (Å²) in [5.41, 5.74) is 5.75. The summed E-state index contributed by atoms with van der Waals surface area (Å²) in [6.07, 6.45) is 7.74. The second-order valence-electron chi connectivity index (χ2n) is 8.21. The number of amides is 1. The molecule has 1 saturated heterocycles. The van der Waals surface area contributed by atoms with Crippen LogP contribution in [0.1, 0.15) is 45.4 Å². The van der Waals surface area contributed by atoms with E-state index in [1.54, 1.807) is 0 Å². The summed E-state index contributed by atoms with van der Waals surface area (Å²) >= 11 is 0. The fraction of sp³-hybridized carbons (Fsp3) is 0.941. The monoisotopic (exact) mass is 292 g/mol. The first kappa shape index (κ1) is 14.0. The van der Waals surface area contributed by atoms with Gasteiger partial charge in [0.05, 0.1) is 17.6 Å². The van der Waals surface area contributed by atoms with Gasteiger partial charge < -0.3 is 15.4 Å². The molecule has 4 nitrogen and oxygen atoms in total. The van der Waals surface area contributed by atoms with Crippen molar-refractivity contribution in [2.45, 2.75) is 57.7 Å². The van der Waals surface area contributed by atoms with Crippen LogP contribution in [0.3, 0.4) is 0 Å². The molecule has 0 aromatic carbocycles. The Kier molecular flexibility index (Phi) is 3.30. The lowest BCUT2D eigenvalue weighted by atomic mass is 9.49. The molecule has 0 aromatic rings. The van der Waals surface area contributed by atoms with E-state index in [0.717, 1.165) is 43.6 Å². The van der Waals surface area contributed by atoms with Crippen molar-refractivity contribution < 1.29 is 9.53 Å². The third kappa shape index (κ3) is 2.31. The highest BCUT2D eigenvalue weighted by Crippen LogP contribution is 2.60. The predicted octanol–water partition coefficient (Wildman–Crippen LogP) is 1.78. The Morgan fingerprint density at radius 2 is 1.71 bits per heavy atom. The summed E-state index contributed by atoms with van der Waals surface area (Å²) in [7, 11) is 0. The van der Waals surface area contributed by atoms with E-state index in [-0.39, 0.29) is 17.6 Å². The maximum Gasteiger partial charge on any atom is 0.228 e. The number of morpholine rings is 1. The zero-order valence-corrected chi connectivity index (χ0v) is 13.1. The number of nitrogens with two attached hydrogens (primary N) is 1. The highest BCUT2D eigenvalue weighted by molar-refractivity contribution is 5.83. The molecule has 1 heterocycles. The molecular weight excluding hydrogens is 264 g/mol. The normalized spacial score (nSPS) is 48.7. The lowest BCUT2D eigenvalue weighted by Crippen LogP contribution is -2.59. The molecule has 0 radical (unpaired) electrons. The van der Waals surface area contributed by atoms with Crippen LogP contribution in [0.2, 0.25) is 0 Å². The molecule has 2 N–H and O–H groups in total. The van der Waals surface area contributed by atoms with Gasteiger partial charge in [0.15, 0.2) is 0 Å². The van der Waals surface area contributed by atoms with Gasteiger partial charge in [-0.15, -0.1) is 0 Å². The molecule has 1 aliphatic heterocycles. The van der Waals surface area contributed by atoms with Gasteiger partial charge in [-0.05, 0) is 63.2 Å². The van der Waals surface area contributed by atoms with E-state index in [2.05, 4.69) is 11.8 Å². The molecule has 21 heavy (non-hydrogen) atoms. The molecule has 4 aliphatic carbocycles. The number of hydrogen-bond donors (Lipinski definition) is 1. The Labute approximate surface area is 127 Å². The summed E-state index contributed by atoms with van der Waals surface area (Å²) < 4.78 is 5.82. The molecule has 5 fully saturated rings. The van der Waals surface area contributed by atoms with Crippen molar-refractivity contribution in [3.63, 3.8) is 0 Å². The molecule has 0 aromatic heterocycles. The first-order chi connectivity index (χ1) is 10.1. The van der Waals surface area contributed by atoms with Crippen molar-refractivity contribution >= 4 is 5.91 Å². The van der Waals surface area contributed by atoms with Crippen LogP contribution in [0.4, 0.5) is 0 Å². The Morgan fingerprint density at radius 3 is 2.24 bits per heavy atom. The maximum absolute atomic E-state index is 13.3. The SMILES string of the molecule is CC1CN(C(=O)C23CC4CC(CC(C4)C2)C3)CC(CN)O1. The van der Waals surface area contributed by atoms with Crippen molar-refractivity contribution in [1.29, 1.82) is 0 Å². The highest BCUT2D eigenvalue weighted by atomic mass is 16.5. The fourth-order valence-corrected chi connectivity index (χ4v) is 6.05. The van der Waals surface area contributed by atoms with Gasteiger partial charge in [-0.3, -0.25) is 4.79 Å². The highest BCUT2D eigenvalue weighted by Gasteiger charge is 2.55. The van der Waals surface area contributed by atoms with Crippen LogP contribution in [0.15, 0.2) is 0 Å². The molecular formula is C17H28N2O2. The minimum Gasteiger partial charge on any atom is -0.370 e. The molecule has 5 rings (SSSR count). The van der Waals surface area contributed by atoms with Crippen molar-refractivity contribution in [3.8, 4) is 0 Å². The second-order valence-corrected chi connectivity index (χ2v) is 8.21. The molecule has 0 spiro atoms. The Balaban J connectivity index is 1.54. The van der Waals surface area contributed by atoms with Crippen molar-refractivity contribution in [2.24, 2.45) is 28.9 Å². The van der Waals surface area contributed by atoms with Gasteiger partial charge in [-0.1, -0.05) is 0 Å². The topological polar surface area (TPSA) is 55.6 Å². The lowest BCUT2D eigenvalue weighted by molar-refractivity contribution is -0.168. The van der Waals surface area contributed by atoms with Gasteiger partial charge in [0.2, 0.25) is 5.91 Å². The Morgan fingerprint density at radius 1 is 1.14 bits per heavy atom. The van der Waals surface area contributed by atoms with Gasteiger partial charge in [-0.2, -0.15) is 0 Å². The summed E-state index contributed by atoms with van der Waals surface area (Å²) in [6.45, 7) is 4.01. The summed E-state index contributed by atoms with van der Waals surface area (Å²) in [6, 6.07) is 0. The standard InChI is InChI=1S/C17H28N2O2/c1-11-9-19(10-15(8-18)21-11)16(20)17-5-12-2-13(6-17)4-14(3-12)7-17/h11-15H,2-10,18H2,1H3. The van der Waals surface area contributed by atoms with Crippen molar-refractivity contribution in [1.82, 2.24) is 4.90 Å². The number of carbonyl (C=O) groups is 1. The lowest BCUT2D eigenvalue weighted by Gasteiger charge is -2.57. The van der Waals surface area contributed by atoms with Gasteiger partial charge in [0, 0.05) is 19.6 Å². The molecule has 2 atom stereocenters. The minimum atomic E-state index is -0.0229. The van der Waals surface area contributed by atoms with E-state index in [0.29, 0.717) is 19.0 Å². The quantitative estimate of drug-likeness (QED) is 0.844. The average molecular weight is 292 g/mol. The molecule has 118 valence electrons. The van der Waals surface area contributed by atoms with E-state index in [1.807, 2.05) is 0 Å². The zero-order valence-electron chi connectivity index (χ0n) is 13.1. The van der Waals surface area contributed by atoms with Crippen molar-refractivity contribution in [2.75, 3.05) is 19.6 Å². The average Bonchev–Trinajstić information content (AvgIpc) is 2.44. The number of carbonyl (C=O) groups excluding carboxylic acids is 1. The third-order valence-corrected chi connectivity index (χ3v) is 6.37. The fourth-order valence-electron chi connectivity index (χ4n) is 6.05. The summed E-state index contributed by atoms with van der Waals surface area (Å²) in [5, 5.41) is 0. The number of nitrogens with zero attached hydrogens (tertiary/aromatic N) is 1. The van der Waals surface area contributed by atoms with Crippen LogP contribution in [0, 0.1) is 23.2 Å². The van der Waals surface area contributed by atoms with Crippen LogP contribution in [-0.4, -0.2) is 42.6 Å². The molecule has 4 bridgehead atoms. The van der Waals surface area contributed by atoms with Gasteiger partial charge in [0.1, 0.15) is 0 Å². The van der Waals surface area contributed by atoms with E-state index < -0.39 is 0 Å². The van der Waals surface area contributed by atoms with E-state index in [4.69, 9.17) is 10.5 Å². The zero-order chi connectivity index (χ0) is 14.6. The molecule has 1 amide bonds. The van der Waals surface area contributed by atoms with Crippen LogP contribution >= 0.6 is 0 Å². The van der Waals surface area contributed by atoms with E-state index >= 15 is 0 Å². The summed E-state index contributed by atoms with van der Waals surface area (Å²) in [5.74, 6) is 2.90. The molecule has 2 unspecified atom stereocenters.